The molecular formula is C8H15N3. The molecule has 0 aromatic carbocycles. The van der Waals surface area contributed by atoms with Gasteiger partial charge < -0.3 is 4.90 Å². The second-order valence-corrected chi connectivity index (χ2v) is 3.05. The van der Waals surface area contributed by atoms with Gasteiger partial charge in [-0.15, -0.1) is 0 Å². The van der Waals surface area contributed by atoms with E-state index in [1.165, 1.54) is 11.4 Å². The molecule has 0 spiro atoms. The van der Waals surface area contributed by atoms with E-state index in [-0.39, 0.29) is 0 Å². The second kappa shape index (κ2) is 2.57. The molecule has 0 N–H and O–H groups in total. The lowest BCUT2D eigenvalue weighted by atomic mass is 10.3. The van der Waals surface area contributed by atoms with Crippen LogP contribution in [-0.2, 0) is 7.05 Å². The van der Waals surface area contributed by atoms with E-state index in [1.807, 2.05) is 32.7 Å². The van der Waals surface area contributed by atoms with Gasteiger partial charge in [-0.3, -0.25) is 4.68 Å². The van der Waals surface area contributed by atoms with Crippen LogP contribution in [0.25, 0.3) is 0 Å². The van der Waals surface area contributed by atoms with Crippen LogP contribution in [0.4, 0.5) is 5.82 Å². The largest absolute Gasteiger partial charge is 0.363 e. The molecule has 3 heteroatoms. The van der Waals surface area contributed by atoms with Gasteiger partial charge in [0.2, 0.25) is 0 Å². The van der Waals surface area contributed by atoms with Gasteiger partial charge in [-0.1, -0.05) is 0 Å². The number of aromatic nitrogens is 2. The molecule has 0 aliphatic carbocycles. The Hall–Kier alpha value is -0.990. The van der Waals surface area contributed by atoms with Crippen LogP contribution >= 0.6 is 0 Å². The summed E-state index contributed by atoms with van der Waals surface area (Å²) in [5.41, 5.74) is 2.37. The normalized spacial score (nSPS) is 10.3. The molecule has 0 saturated carbocycles. The van der Waals surface area contributed by atoms with Crippen molar-refractivity contribution in [1.82, 2.24) is 9.78 Å². The van der Waals surface area contributed by atoms with Crippen molar-refractivity contribution in [3.63, 3.8) is 0 Å². The van der Waals surface area contributed by atoms with Crippen molar-refractivity contribution in [2.45, 2.75) is 13.8 Å². The fourth-order valence-corrected chi connectivity index (χ4v) is 1.38. The number of anilines is 1. The highest BCUT2D eigenvalue weighted by Crippen LogP contribution is 2.18. The first-order chi connectivity index (χ1) is 5.04. The summed E-state index contributed by atoms with van der Waals surface area (Å²) in [5.74, 6) is 1.18. The maximum Gasteiger partial charge on any atom is 0.129 e. The van der Waals surface area contributed by atoms with Crippen LogP contribution in [0.15, 0.2) is 0 Å². The van der Waals surface area contributed by atoms with Crippen molar-refractivity contribution >= 4 is 5.82 Å². The molecule has 0 atom stereocenters. The van der Waals surface area contributed by atoms with Gasteiger partial charge in [0.05, 0.1) is 5.69 Å². The van der Waals surface area contributed by atoms with Gasteiger partial charge in [0.1, 0.15) is 5.82 Å². The van der Waals surface area contributed by atoms with Gasteiger partial charge in [-0.25, -0.2) is 0 Å². The van der Waals surface area contributed by atoms with Crippen molar-refractivity contribution < 1.29 is 0 Å². The molecule has 1 aromatic heterocycles. The standard InChI is InChI=1S/C8H15N3/c1-6-7(2)9-11(5)8(6)10(3)4/h1-5H3. The summed E-state index contributed by atoms with van der Waals surface area (Å²) in [4.78, 5) is 2.08. The Labute approximate surface area is 67.6 Å². The van der Waals surface area contributed by atoms with Crippen LogP contribution in [0.1, 0.15) is 11.3 Å². The van der Waals surface area contributed by atoms with Gasteiger partial charge in [0.15, 0.2) is 0 Å². The fraction of sp³-hybridized carbons (Fsp3) is 0.625. The maximum atomic E-state index is 4.31. The average molecular weight is 153 g/mol. The zero-order chi connectivity index (χ0) is 8.59. The maximum absolute atomic E-state index is 4.31. The first kappa shape index (κ1) is 8.11. The predicted octanol–water partition coefficient (Wildman–Crippen LogP) is 1.10. The molecular weight excluding hydrogens is 138 g/mol. The third-order valence-electron chi connectivity index (χ3n) is 1.91. The van der Waals surface area contributed by atoms with Gasteiger partial charge in [-0.05, 0) is 13.8 Å². The van der Waals surface area contributed by atoms with E-state index < -0.39 is 0 Å². The summed E-state index contributed by atoms with van der Waals surface area (Å²) in [6, 6.07) is 0. The van der Waals surface area contributed by atoms with Gasteiger partial charge in [0, 0.05) is 26.7 Å². The minimum Gasteiger partial charge on any atom is -0.363 e. The molecule has 0 bridgehead atoms. The van der Waals surface area contributed by atoms with Crippen LogP contribution in [-0.4, -0.2) is 23.9 Å². The highest BCUT2D eigenvalue weighted by molar-refractivity contribution is 5.47. The lowest BCUT2D eigenvalue weighted by Gasteiger charge is -2.13. The van der Waals surface area contributed by atoms with Crippen LogP contribution in [0.3, 0.4) is 0 Å². The Morgan fingerprint density at radius 3 is 2.00 bits per heavy atom. The smallest absolute Gasteiger partial charge is 0.129 e. The Balaban J connectivity index is 3.22. The molecule has 1 rings (SSSR count). The predicted molar refractivity (Wildman–Crippen MR) is 47.0 cm³/mol. The van der Waals surface area contributed by atoms with Crippen molar-refractivity contribution in [1.29, 1.82) is 0 Å². The molecule has 0 aliphatic heterocycles. The summed E-state index contributed by atoms with van der Waals surface area (Å²) >= 11 is 0. The van der Waals surface area contributed by atoms with Crippen molar-refractivity contribution in [3.05, 3.63) is 11.3 Å². The minimum absolute atomic E-state index is 1.11. The molecule has 11 heavy (non-hydrogen) atoms. The SMILES string of the molecule is Cc1nn(C)c(N(C)C)c1C. The highest BCUT2D eigenvalue weighted by atomic mass is 15.3. The molecule has 0 unspecified atom stereocenters. The van der Waals surface area contributed by atoms with E-state index >= 15 is 0 Å². The molecule has 0 radical (unpaired) electrons. The van der Waals surface area contributed by atoms with Gasteiger partial charge in [-0.2, -0.15) is 5.10 Å². The van der Waals surface area contributed by atoms with Gasteiger partial charge >= 0.3 is 0 Å². The van der Waals surface area contributed by atoms with E-state index in [9.17, 15) is 0 Å². The second-order valence-electron chi connectivity index (χ2n) is 3.05. The molecule has 0 fully saturated rings. The Kier molecular flexibility index (Phi) is 1.89. The summed E-state index contributed by atoms with van der Waals surface area (Å²) in [5, 5.41) is 4.31. The molecule has 1 heterocycles. The number of nitrogens with zero attached hydrogens (tertiary/aromatic N) is 3. The first-order valence-corrected chi connectivity index (χ1v) is 3.71. The molecule has 3 nitrogen and oxygen atoms in total. The van der Waals surface area contributed by atoms with E-state index in [0.29, 0.717) is 0 Å². The fourth-order valence-electron chi connectivity index (χ4n) is 1.38. The minimum atomic E-state index is 1.11. The molecule has 62 valence electrons. The zero-order valence-corrected chi connectivity index (χ0v) is 7.84. The zero-order valence-electron chi connectivity index (χ0n) is 7.84. The quantitative estimate of drug-likeness (QED) is 0.602. The first-order valence-electron chi connectivity index (χ1n) is 3.71. The van der Waals surface area contributed by atoms with Crippen LogP contribution in [0.2, 0.25) is 0 Å². The summed E-state index contributed by atoms with van der Waals surface area (Å²) in [6.07, 6.45) is 0. The summed E-state index contributed by atoms with van der Waals surface area (Å²) < 4.78 is 1.91. The van der Waals surface area contributed by atoms with E-state index in [2.05, 4.69) is 16.9 Å². The Bertz CT molecular complexity index is 261. The summed E-state index contributed by atoms with van der Waals surface area (Å²) in [7, 11) is 6.03. The monoisotopic (exact) mass is 153 g/mol. The molecule has 0 aliphatic rings. The molecule has 0 saturated heterocycles. The molecule has 1 aromatic rings. The lowest BCUT2D eigenvalue weighted by molar-refractivity contribution is 0.745. The lowest BCUT2D eigenvalue weighted by Crippen LogP contribution is -2.14. The van der Waals surface area contributed by atoms with E-state index in [4.69, 9.17) is 0 Å². The Morgan fingerprint density at radius 1 is 1.27 bits per heavy atom. The topological polar surface area (TPSA) is 21.1 Å². The van der Waals surface area contributed by atoms with Gasteiger partial charge in [0.25, 0.3) is 0 Å². The number of rotatable bonds is 1. The van der Waals surface area contributed by atoms with Crippen molar-refractivity contribution in [3.8, 4) is 0 Å². The number of hydrogen-bond acceptors (Lipinski definition) is 2. The van der Waals surface area contributed by atoms with Crippen molar-refractivity contribution in [2.24, 2.45) is 7.05 Å². The number of aryl methyl sites for hydroxylation is 2. The third-order valence-corrected chi connectivity index (χ3v) is 1.91. The van der Waals surface area contributed by atoms with E-state index in [0.717, 1.165) is 5.69 Å². The molecule has 0 amide bonds. The van der Waals surface area contributed by atoms with Crippen LogP contribution in [0.5, 0.6) is 0 Å². The third kappa shape index (κ3) is 1.23. The van der Waals surface area contributed by atoms with Crippen LogP contribution in [0, 0.1) is 13.8 Å². The Morgan fingerprint density at radius 2 is 1.82 bits per heavy atom. The number of hydrogen-bond donors (Lipinski definition) is 0. The highest BCUT2D eigenvalue weighted by Gasteiger charge is 2.09. The van der Waals surface area contributed by atoms with Crippen LogP contribution < -0.4 is 4.90 Å². The average Bonchev–Trinajstić information content (AvgIpc) is 2.07. The summed E-state index contributed by atoms with van der Waals surface area (Å²) in [6.45, 7) is 4.12. The van der Waals surface area contributed by atoms with E-state index in [1.54, 1.807) is 0 Å². The van der Waals surface area contributed by atoms with Crippen molar-refractivity contribution in [2.75, 3.05) is 19.0 Å².